The molecule has 11 heteroatoms. The third-order valence-electron chi connectivity index (χ3n) is 4.58. The van der Waals surface area contributed by atoms with Crippen LogP contribution < -0.4 is 10.1 Å². The maximum Gasteiger partial charge on any atom is 0.408 e. The van der Waals surface area contributed by atoms with Gasteiger partial charge in [-0.2, -0.15) is 5.21 Å². The van der Waals surface area contributed by atoms with E-state index in [2.05, 4.69) is 25.9 Å². The molecule has 0 aliphatic rings. The third-order valence-corrected chi connectivity index (χ3v) is 4.58. The van der Waals surface area contributed by atoms with Crippen molar-refractivity contribution in [3.05, 3.63) is 17.7 Å². The predicted molar refractivity (Wildman–Crippen MR) is 113 cm³/mol. The Morgan fingerprint density at radius 1 is 1.32 bits per heavy atom. The Hall–Kier alpha value is -3.50. The van der Waals surface area contributed by atoms with Gasteiger partial charge in [0.25, 0.3) is 0 Å². The number of aromatic amines is 1. The highest BCUT2D eigenvalue weighted by atomic mass is 16.5. The second-order valence-electron chi connectivity index (χ2n) is 8.45. The van der Waals surface area contributed by atoms with Crippen LogP contribution >= 0.6 is 0 Å². The van der Waals surface area contributed by atoms with Gasteiger partial charge in [-0.3, -0.25) is 14.5 Å². The molecular formula is C20H28N6O5. The molecular weight excluding hydrogens is 404 g/mol. The van der Waals surface area contributed by atoms with Gasteiger partial charge < -0.3 is 15.2 Å². The zero-order chi connectivity index (χ0) is 23.3. The van der Waals surface area contributed by atoms with Crippen molar-refractivity contribution in [2.24, 2.45) is 5.92 Å². The van der Waals surface area contributed by atoms with Crippen LogP contribution in [0.1, 0.15) is 51.4 Å². The van der Waals surface area contributed by atoms with E-state index in [0.29, 0.717) is 18.3 Å². The topological polar surface area (TPSA) is 150 Å². The molecule has 0 bridgehead atoms. The van der Waals surface area contributed by atoms with Crippen molar-refractivity contribution in [3.63, 3.8) is 0 Å². The van der Waals surface area contributed by atoms with Gasteiger partial charge in [-0.15, -0.1) is 10.2 Å². The molecule has 1 aromatic carbocycles. The average Bonchev–Trinajstić information content (AvgIpc) is 3.19. The molecule has 31 heavy (non-hydrogen) atoms. The van der Waals surface area contributed by atoms with Gasteiger partial charge in [0.1, 0.15) is 11.8 Å². The van der Waals surface area contributed by atoms with Crippen LogP contribution in [0.15, 0.2) is 12.1 Å². The summed E-state index contributed by atoms with van der Waals surface area (Å²) in [4.78, 5) is 37.9. The van der Waals surface area contributed by atoms with Crippen LogP contribution in [0.5, 0.6) is 5.75 Å². The van der Waals surface area contributed by atoms with E-state index in [4.69, 9.17) is 4.74 Å². The number of hydrogen-bond donors (Lipinski definition) is 3. The number of benzene rings is 1. The standard InChI is InChI=1S/C20H28N6O5/c1-11(2)7-15(26(19(29)30)20(3,4)5)18(28)21-14-9-16(31-6)12(10-27)8-13(14)17-22-24-25-23-17/h8-11,15H,7H2,1-6H3,(H,21,28)(H,29,30)(H,22,23,24,25). The van der Waals surface area contributed by atoms with Crippen LogP contribution in [0.4, 0.5) is 10.5 Å². The number of amides is 2. The highest BCUT2D eigenvalue weighted by molar-refractivity contribution is 6.00. The number of tetrazole rings is 1. The summed E-state index contributed by atoms with van der Waals surface area (Å²) in [5.74, 6) is -0.0588. The van der Waals surface area contributed by atoms with Crippen molar-refractivity contribution < 1.29 is 24.2 Å². The molecule has 2 rings (SSSR count). The molecule has 0 fully saturated rings. The number of aromatic nitrogens is 4. The summed E-state index contributed by atoms with van der Waals surface area (Å²) in [7, 11) is 1.40. The number of ether oxygens (including phenoxy) is 1. The van der Waals surface area contributed by atoms with Crippen molar-refractivity contribution in [1.82, 2.24) is 25.5 Å². The highest BCUT2D eigenvalue weighted by Gasteiger charge is 2.38. The van der Waals surface area contributed by atoms with Crippen LogP contribution in [0, 0.1) is 5.92 Å². The Morgan fingerprint density at radius 3 is 2.45 bits per heavy atom. The SMILES string of the molecule is COc1cc(NC(=O)C(CC(C)C)N(C(=O)O)C(C)(C)C)c(-c2nn[nH]n2)cc1C=O. The predicted octanol–water partition coefficient (Wildman–Crippen LogP) is 2.82. The molecule has 0 aliphatic heterocycles. The number of H-pyrrole nitrogens is 1. The lowest BCUT2D eigenvalue weighted by molar-refractivity contribution is -0.123. The van der Waals surface area contributed by atoms with E-state index < -0.39 is 23.6 Å². The first kappa shape index (κ1) is 23.8. The van der Waals surface area contributed by atoms with Gasteiger partial charge in [-0.1, -0.05) is 13.8 Å². The lowest BCUT2D eigenvalue weighted by Gasteiger charge is -2.39. The van der Waals surface area contributed by atoms with Crippen LogP contribution in [-0.2, 0) is 4.79 Å². The number of rotatable bonds is 8. The number of methoxy groups -OCH3 is 1. The van der Waals surface area contributed by atoms with Gasteiger partial charge in [-0.05, 0) is 44.4 Å². The molecule has 3 N–H and O–H groups in total. The smallest absolute Gasteiger partial charge is 0.408 e. The summed E-state index contributed by atoms with van der Waals surface area (Å²) < 4.78 is 5.24. The summed E-state index contributed by atoms with van der Waals surface area (Å²) in [6.07, 6.45) is -0.265. The minimum atomic E-state index is -1.19. The minimum absolute atomic E-state index is 0.0589. The Morgan fingerprint density at radius 2 is 2.00 bits per heavy atom. The Balaban J connectivity index is 2.54. The van der Waals surface area contributed by atoms with E-state index in [9.17, 15) is 19.5 Å². The van der Waals surface area contributed by atoms with Gasteiger partial charge in [0.15, 0.2) is 6.29 Å². The van der Waals surface area contributed by atoms with Crippen LogP contribution in [-0.4, -0.2) is 67.6 Å². The van der Waals surface area contributed by atoms with Gasteiger partial charge in [0.05, 0.1) is 18.4 Å². The fraction of sp³-hybridized carbons (Fsp3) is 0.500. The number of nitrogens with one attached hydrogen (secondary N) is 2. The molecule has 1 aromatic heterocycles. The highest BCUT2D eigenvalue weighted by Crippen LogP contribution is 2.33. The quantitative estimate of drug-likeness (QED) is 0.539. The molecule has 11 nitrogen and oxygen atoms in total. The molecule has 0 aliphatic carbocycles. The maximum absolute atomic E-state index is 13.3. The first-order valence-corrected chi connectivity index (χ1v) is 9.73. The summed E-state index contributed by atoms with van der Waals surface area (Å²) in [5.41, 5.74) is 0.0341. The normalized spacial score (nSPS) is 12.4. The number of carboxylic acid groups (broad SMARTS) is 1. The Kier molecular flexibility index (Phi) is 7.32. The second kappa shape index (κ2) is 9.54. The van der Waals surface area contributed by atoms with Crippen molar-refractivity contribution in [1.29, 1.82) is 0 Å². The molecule has 1 atom stereocenters. The van der Waals surface area contributed by atoms with E-state index in [0.717, 1.165) is 4.90 Å². The van der Waals surface area contributed by atoms with Crippen LogP contribution in [0.3, 0.4) is 0 Å². The van der Waals surface area contributed by atoms with Gasteiger partial charge in [0, 0.05) is 17.2 Å². The summed E-state index contributed by atoms with van der Waals surface area (Å²) >= 11 is 0. The second-order valence-corrected chi connectivity index (χ2v) is 8.45. The fourth-order valence-electron chi connectivity index (χ4n) is 3.31. The number of anilines is 1. The van der Waals surface area contributed by atoms with Crippen LogP contribution in [0.25, 0.3) is 11.4 Å². The molecule has 168 valence electrons. The summed E-state index contributed by atoms with van der Waals surface area (Å²) in [6.45, 7) is 9.02. The van der Waals surface area contributed by atoms with Crippen molar-refractivity contribution in [2.75, 3.05) is 12.4 Å². The largest absolute Gasteiger partial charge is 0.496 e. The van der Waals surface area contributed by atoms with E-state index in [1.54, 1.807) is 20.8 Å². The lowest BCUT2D eigenvalue weighted by atomic mass is 9.96. The lowest BCUT2D eigenvalue weighted by Crippen LogP contribution is -2.56. The first-order valence-electron chi connectivity index (χ1n) is 9.73. The molecule has 2 aromatic rings. The molecule has 0 saturated heterocycles. The van der Waals surface area contributed by atoms with Crippen molar-refractivity contribution in [3.8, 4) is 17.1 Å². The monoisotopic (exact) mass is 432 g/mol. The fourth-order valence-corrected chi connectivity index (χ4v) is 3.31. The maximum atomic E-state index is 13.3. The average molecular weight is 432 g/mol. The molecule has 1 unspecified atom stereocenters. The Labute approximate surface area is 180 Å². The Bertz CT molecular complexity index is 936. The molecule has 0 spiro atoms. The van der Waals surface area contributed by atoms with E-state index >= 15 is 0 Å². The zero-order valence-electron chi connectivity index (χ0n) is 18.5. The first-order chi connectivity index (χ1) is 14.5. The molecule has 2 amide bonds. The number of carbonyl (C=O) groups excluding carboxylic acids is 2. The number of nitrogens with zero attached hydrogens (tertiary/aromatic N) is 4. The third kappa shape index (κ3) is 5.56. The zero-order valence-corrected chi connectivity index (χ0v) is 18.5. The molecule has 0 saturated carbocycles. The number of carbonyl (C=O) groups is 3. The van der Waals surface area contributed by atoms with Gasteiger partial charge in [0.2, 0.25) is 11.7 Å². The minimum Gasteiger partial charge on any atom is -0.496 e. The van der Waals surface area contributed by atoms with E-state index in [1.165, 1.54) is 19.2 Å². The van der Waals surface area contributed by atoms with Crippen molar-refractivity contribution in [2.45, 2.75) is 52.6 Å². The number of aldehydes is 1. The van der Waals surface area contributed by atoms with Gasteiger partial charge >= 0.3 is 6.09 Å². The number of hydrogen-bond acceptors (Lipinski definition) is 7. The molecule has 0 radical (unpaired) electrons. The van der Waals surface area contributed by atoms with E-state index in [-0.39, 0.29) is 28.7 Å². The summed E-state index contributed by atoms with van der Waals surface area (Å²) in [6, 6.07) is 2.00. The van der Waals surface area contributed by atoms with Gasteiger partial charge in [-0.25, -0.2) is 4.79 Å². The van der Waals surface area contributed by atoms with E-state index in [1.807, 2.05) is 13.8 Å². The summed E-state index contributed by atoms with van der Waals surface area (Å²) in [5, 5.41) is 26.3. The van der Waals surface area contributed by atoms with Crippen LogP contribution in [0.2, 0.25) is 0 Å². The molecule has 1 heterocycles. The van der Waals surface area contributed by atoms with Crippen molar-refractivity contribution >= 4 is 24.0 Å².